The Labute approximate surface area is 106 Å². The van der Waals surface area contributed by atoms with Gasteiger partial charge < -0.3 is 10.5 Å². The fraction of sp³-hybridized carbons (Fsp3) is 0.300. The average molecular weight is 269 g/mol. The number of anilines is 1. The van der Waals surface area contributed by atoms with E-state index >= 15 is 0 Å². The molecule has 2 N–H and O–H groups in total. The summed E-state index contributed by atoms with van der Waals surface area (Å²) in [6, 6.07) is 0. The third kappa shape index (κ3) is 2.16. The minimum Gasteiger partial charge on any atom is -0.462 e. The van der Waals surface area contributed by atoms with Gasteiger partial charge in [0.2, 0.25) is 0 Å². The van der Waals surface area contributed by atoms with Gasteiger partial charge in [-0.05, 0) is 30.9 Å². The van der Waals surface area contributed by atoms with Crippen molar-refractivity contribution in [2.45, 2.75) is 13.8 Å². The van der Waals surface area contributed by atoms with Crippen LogP contribution in [-0.2, 0) is 4.74 Å². The van der Waals surface area contributed by atoms with E-state index in [-0.39, 0.29) is 5.97 Å². The maximum atomic E-state index is 11.7. The van der Waals surface area contributed by atoms with Crippen LogP contribution in [0.5, 0.6) is 0 Å². The number of aromatic nitrogens is 2. The molecule has 90 valence electrons. The molecule has 0 aliphatic rings. The highest BCUT2D eigenvalue weighted by molar-refractivity contribution is 7.20. The quantitative estimate of drug-likeness (QED) is 0.865. The molecular formula is C10H11N3O2S2. The van der Waals surface area contributed by atoms with Crippen LogP contribution in [0, 0.1) is 6.92 Å². The molecule has 0 saturated heterocycles. The average Bonchev–Trinajstić information content (AvgIpc) is 2.87. The summed E-state index contributed by atoms with van der Waals surface area (Å²) in [6.07, 6.45) is 0. The Morgan fingerprint density at radius 2 is 2.35 bits per heavy atom. The van der Waals surface area contributed by atoms with E-state index in [0.717, 1.165) is 10.4 Å². The monoisotopic (exact) mass is 269 g/mol. The molecule has 2 aromatic heterocycles. The van der Waals surface area contributed by atoms with Gasteiger partial charge in [0.15, 0.2) is 5.82 Å². The highest BCUT2D eigenvalue weighted by Gasteiger charge is 2.22. The van der Waals surface area contributed by atoms with Crippen LogP contribution in [0.15, 0.2) is 5.51 Å². The number of thiophene rings is 1. The van der Waals surface area contributed by atoms with Gasteiger partial charge in [0.1, 0.15) is 10.5 Å². The molecule has 0 fully saturated rings. The summed E-state index contributed by atoms with van der Waals surface area (Å²) in [7, 11) is 0. The predicted octanol–water partition coefficient (Wildman–Crippen LogP) is 2.33. The van der Waals surface area contributed by atoms with E-state index in [1.54, 1.807) is 12.4 Å². The second-order valence-corrected chi connectivity index (χ2v) is 4.93. The molecule has 0 aliphatic heterocycles. The van der Waals surface area contributed by atoms with Crippen LogP contribution < -0.4 is 5.73 Å². The number of ether oxygens (including phenoxy) is 1. The smallest absolute Gasteiger partial charge is 0.341 e. The molecule has 0 aliphatic carbocycles. The molecule has 0 atom stereocenters. The summed E-state index contributed by atoms with van der Waals surface area (Å²) in [6.45, 7) is 3.92. The normalized spacial score (nSPS) is 10.5. The van der Waals surface area contributed by atoms with Gasteiger partial charge in [-0.15, -0.1) is 11.3 Å². The van der Waals surface area contributed by atoms with Crippen LogP contribution >= 0.6 is 22.9 Å². The van der Waals surface area contributed by atoms with E-state index in [1.165, 1.54) is 22.9 Å². The van der Waals surface area contributed by atoms with E-state index in [2.05, 4.69) is 9.36 Å². The molecule has 2 rings (SSSR count). The lowest BCUT2D eigenvalue weighted by Crippen LogP contribution is -2.07. The van der Waals surface area contributed by atoms with Crippen LogP contribution in [0.4, 0.5) is 5.00 Å². The van der Waals surface area contributed by atoms with Crippen LogP contribution in [0.25, 0.3) is 10.7 Å². The molecule has 2 aromatic rings. The Morgan fingerprint density at radius 1 is 1.59 bits per heavy atom. The number of nitrogens with zero attached hydrogens (tertiary/aromatic N) is 2. The largest absolute Gasteiger partial charge is 0.462 e. The number of carbonyl (C=O) groups is 1. The number of hydrogen-bond donors (Lipinski definition) is 1. The van der Waals surface area contributed by atoms with Crippen molar-refractivity contribution in [1.29, 1.82) is 0 Å². The van der Waals surface area contributed by atoms with Gasteiger partial charge in [0.05, 0.1) is 17.0 Å². The Balaban J connectivity index is 2.46. The third-order valence-electron chi connectivity index (χ3n) is 2.22. The first-order chi connectivity index (χ1) is 8.15. The second-order valence-electron chi connectivity index (χ2n) is 3.27. The van der Waals surface area contributed by atoms with Gasteiger partial charge in [-0.3, -0.25) is 0 Å². The predicted molar refractivity (Wildman–Crippen MR) is 68.3 cm³/mol. The zero-order valence-corrected chi connectivity index (χ0v) is 11.0. The van der Waals surface area contributed by atoms with Gasteiger partial charge in [-0.2, -0.15) is 4.37 Å². The number of nitrogens with two attached hydrogens (primary N) is 1. The minimum atomic E-state index is -0.389. The van der Waals surface area contributed by atoms with Gasteiger partial charge in [-0.25, -0.2) is 9.78 Å². The molecule has 17 heavy (non-hydrogen) atoms. The Kier molecular flexibility index (Phi) is 3.39. The maximum Gasteiger partial charge on any atom is 0.341 e. The van der Waals surface area contributed by atoms with Crippen LogP contribution in [0.3, 0.4) is 0 Å². The van der Waals surface area contributed by atoms with Gasteiger partial charge in [-0.1, -0.05) is 0 Å². The SMILES string of the molecule is CCOC(=O)c1c(N)sc(-c2ncsn2)c1C. The van der Waals surface area contributed by atoms with Gasteiger partial charge in [0, 0.05) is 0 Å². The number of hydrogen-bond acceptors (Lipinski definition) is 7. The summed E-state index contributed by atoms with van der Waals surface area (Å²) in [5.41, 5.74) is 8.71. The fourth-order valence-corrected chi connectivity index (χ4v) is 2.97. The Hall–Kier alpha value is -1.47. The first kappa shape index (κ1) is 12.0. The number of esters is 1. The molecule has 5 nitrogen and oxygen atoms in total. The second kappa shape index (κ2) is 4.80. The summed E-state index contributed by atoms with van der Waals surface area (Å²) in [4.78, 5) is 16.7. The van der Waals surface area contributed by atoms with Crippen LogP contribution in [0.2, 0.25) is 0 Å². The van der Waals surface area contributed by atoms with Crippen LogP contribution in [-0.4, -0.2) is 21.9 Å². The molecule has 7 heteroatoms. The van der Waals surface area contributed by atoms with E-state index < -0.39 is 0 Å². The first-order valence-electron chi connectivity index (χ1n) is 4.97. The number of carbonyl (C=O) groups excluding carboxylic acids is 1. The molecule has 0 spiro atoms. The lowest BCUT2D eigenvalue weighted by atomic mass is 10.1. The maximum absolute atomic E-state index is 11.7. The molecule has 0 amide bonds. The van der Waals surface area contributed by atoms with E-state index in [1.807, 2.05) is 6.92 Å². The summed E-state index contributed by atoms with van der Waals surface area (Å²) >= 11 is 2.58. The lowest BCUT2D eigenvalue weighted by Gasteiger charge is -2.01. The minimum absolute atomic E-state index is 0.331. The van der Waals surface area contributed by atoms with Gasteiger partial charge >= 0.3 is 5.97 Å². The molecule has 0 bridgehead atoms. The van der Waals surface area contributed by atoms with E-state index in [0.29, 0.717) is 23.0 Å². The number of rotatable bonds is 3. The summed E-state index contributed by atoms with van der Waals surface area (Å²) < 4.78 is 9.11. The highest BCUT2D eigenvalue weighted by Crippen LogP contribution is 2.37. The molecule has 0 aromatic carbocycles. The zero-order valence-electron chi connectivity index (χ0n) is 9.39. The molecule has 2 heterocycles. The third-order valence-corrected chi connectivity index (χ3v) is 3.81. The molecule has 0 radical (unpaired) electrons. The van der Waals surface area contributed by atoms with Crippen molar-refractivity contribution in [2.75, 3.05) is 12.3 Å². The molecule has 0 saturated carbocycles. The van der Waals surface area contributed by atoms with Crippen molar-refractivity contribution in [3.8, 4) is 10.7 Å². The molecule has 0 unspecified atom stereocenters. The highest BCUT2D eigenvalue weighted by atomic mass is 32.1. The first-order valence-corrected chi connectivity index (χ1v) is 6.63. The van der Waals surface area contributed by atoms with Crippen molar-refractivity contribution in [1.82, 2.24) is 9.36 Å². The zero-order chi connectivity index (χ0) is 12.4. The fourth-order valence-electron chi connectivity index (χ4n) is 1.48. The van der Waals surface area contributed by atoms with Crippen molar-refractivity contribution >= 4 is 33.8 Å². The van der Waals surface area contributed by atoms with Crippen molar-refractivity contribution in [3.63, 3.8) is 0 Å². The van der Waals surface area contributed by atoms with E-state index in [4.69, 9.17) is 10.5 Å². The Morgan fingerprint density at radius 3 is 2.94 bits per heavy atom. The molecular weight excluding hydrogens is 258 g/mol. The van der Waals surface area contributed by atoms with E-state index in [9.17, 15) is 4.79 Å². The van der Waals surface area contributed by atoms with Crippen molar-refractivity contribution in [3.05, 3.63) is 16.6 Å². The van der Waals surface area contributed by atoms with Gasteiger partial charge in [0.25, 0.3) is 0 Å². The van der Waals surface area contributed by atoms with Crippen molar-refractivity contribution in [2.24, 2.45) is 0 Å². The summed E-state index contributed by atoms with van der Waals surface area (Å²) in [5, 5.41) is 0.450. The Bertz CT molecular complexity index is 534. The number of nitrogen functional groups attached to an aromatic ring is 1. The van der Waals surface area contributed by atoms with Crippen LogP contribution in [0.1, 0.15) is 22.8 Å². The topological polar surface area (TPSA) is 78.1 Å². The lowest BCUT2D eigenvalue weighted by molar-refractivity contribution is 0.0527. The summed E-state index contributed by atoms with van der Waals surface area (Å²) in [5.74, 6) is 0.222. The van der Waals surface area contributed by atoms with Crippen molar-refractivity contribution < 1.29 is 9.53 Å². The standard InChI is InChI=1S/C10H11N3O2S2/c1-3-15-10(14)6-5(2)7(17-8(6)11)9-12-4-16-13-9/h4H,3,11H2,1-2H3.